The normalized spacial score (nSPS) is 12.9. The molecule has 9 nitrogen and oxygen atoms in total. The van der Waals surface area contributed by atoms with Crippen molar-refractivity contribution < 1.29 is 33.1 Å². The van der Waals surface area contributed by atoms with Crippen LogP contribution in [0, 0.1) is 0 Å². The summed E-state index contributed by atoms with van der Waals surface area (Å²) in [6, 6.07) is 13.9. The molecule has 34 heavy (non-hydrogen) atoms. The number of amides is 2. The van der Waals surface area contributed by atoms with Gasteiger partial charge in [0.25, 0.3) is 11.8 Å². The fraction of sp³-hybridized carbons (Fsp3) is 0.125. The SMILES string of the molecule is C[C@H](OC(=O)CNC(=O)c1ccc(Br)o1)C(=O)Nc1ccc2c(c1)C(=O)c1ccccc1C2=O. The average Bonchev–Trinajstić information content (AvgIpc) is 3.27. The molecule has 0 aliphatic heterocycles. The minimum atomic E-state index is -1.18. The van der Waals surface area contributed by atoms with Crippen molar-refractivity contribution in [3.8, 4) is 0 Å². The highest BCUT2D eigenvalue weighted by Crippen LogP contribution is 2.29. The van der Waals surface area contributed by atoms with E-state index in [0.29, 0.717) is 15.8 Å². The van der Waals surface area contributed by atoms with Crippen molar-refractivity contribution in [2.24, 2.45) is 0 Å². The van der Waals surface area contributed by atoms with Crippen LogP contribution >= 0.6 is 15.9 Å². The van der Waals surface area contributed by atoms with Gasteiger partial charge in [0.1, 0.15) is 6.54 Å². The lowest BCUT2D eigenvalue weighted by atomic mass is 9.84. The number of ketones is 2. The van der Waals surface area contributed by atoms with Crippen molar-refractivity contribution in [3.63, 3.8) is 0 Å². The first kappa shape index (κ1) is 23.1. The molecule has 3 aromatic rings. The number of ether oxygens (including phenoxy) is 1. The number of benzene rings is 2. The van der Waals surface area contributed by atoms with Gasteiger partial charge in [0.05, 0.1) is 0 Å². The first-order chi connectivity index (χ1) is 16.2. The molecule has 4 rings (SSSR count). The molecule has 2 amide bonds. The predicted octanol–water partition coefficient (Wildman–Crippen LogP) is 3.12. The third-order valence-corrected chi connectivity index (χ3v) is 5.49. The highest BCUT2D eigenvalue weighted by molar-refractivity contribution is 9.10. The maximum atomic E-state index is 12.8. The van der Waals surface area contributed by atoms with Crippen molar-refractivity contribution in [2.45, 2.75) is 13.0 Å². The van der Waals surface area contributed by atoms with E-state index >= 15 is 0 Å². The van der Waals surface area contributed by atoms with Crippen LogP contribution in [0.3, 0.4) is 0 Å². The number of carbonyl (C=O) groups is 5. The zero-order valence-electron chi connectivity index (χ0n) is 17.7. The zero-order chi connectivity index (χ0) is 24.4. The molecule has 0 saturated carbocycles. The summed E-state index contributed by atoms with van der Waals surface area (Å²) < 4.78 is 10.5. The Balaban J connectivity index is 1.36. The topological polar surface area (TPSA) is 132 Å². The quantitative estimate of drug-likeness (QED) is 0.370. The van der Waals surface area contributed by atoms with Crippen LogP contribution in [-0.2, 0) is 14.3 Å². The van der Waals surface area contributed by atoms with Crippen LogP contribution in [0.2, 0.25) is 0 Å². The molecule has 0 radical (unpaired) electrons. The van der Waals surface area contributed by atoms with Crippen molar-refractivity contribution in [1.82, 2.24) is 5.32 Å². The largest absolute Gasteiger partial charge is 0.451 e. The molecule has 1 atom stereocenters. The Hall–Kier alpha value is -4.05. The zero-order valence-corrected chi connectivity index (χ0v) is 19.3. The average molecular weight is 525 g/mol. The molecular formula is C24H17BrN2O7. The molecule has 2 aromatic carbocycles. The Morgan fingerprint density at radius 1 is 0.941 bits per heavy atom. The molecule has 0 fully saturated rings. The van der Waals surface area contributed by atoms with E-state index in [4.69, 9.17) is 9.15 Å². The standard InChI is InChI=1S/C24H17BrN2O7/c1-12(33-20(28)11-26-24(32)18-8-9-19(25)34-18)23(31)27-13-6-7-16-17(10-13)22(30)15-5-3-2-4-14(15)21(16)29/h2-10,12H,11H2,1H3,(H,26,32)(H,27,31)/t12-/m0/s1. The molecule has 0 saturated heterocycles. The summed E-state index contributed by atoms with van der Waals surface area (Å²) in [5.41, 5.74) is 1.33. The maximum absolute atomic E-state index is 12.8. The van der Waals surface area contributed by atoms with E-state index in [-0.39, 0.29) is 34.1 Å². The van der Waals surface area contributed by atoms with Gasteiger partial charge >= 0.3 is 5.97 Å². The van der Waals surface area contributed by atoms with E-state index in [0.717, 1.165) is 0 Å². The lowest BCUT2D eigenvalue weighted by Crippen LogP contribution is -2.35. The number of hydrogen-bond acceptors (Lipinski definition) is 7. The van der Waals surface area contributed by atoms with Crippen LogP contribution in [0.25, 0.3) is 0 Å². The van der Waals surface area contributed by atoms with Gasteiger partial charge in [-0.05, 0) is 53.2 Å². The summed E-state index contributed by atoms with van der Waals surface area (Å²) in [5, 5.41) is 4.89. The van der Waals surface area contributed by atoms with Gasteiger partial charge in [-0.25, -0.2) is 0 Å². The minimum absolute atomic E-state index is 0.00790. The number of carbonyl (C=O) groups excluding carboxylic acids is 5. The Bertz CT molecular complexity index is 1340. The molecule has 1 aliphatic rings. The molecule has 1 aromatic heterocycles. The van der Waals surface area contributed by atoms with Crippen LogP contribution in [-0.4, -0.2) is 42.0 Å². The molecule has 1 heterocycles. The van der Waals surface area contributed by atoms with Crippen molar-refractivity contribution in [3.05, 3.63) is 87.3 Å². The van der Waals surface area contributed by atoms with Gasteiger partial charge in [0.2, 0.25) is 0 Å². The summed E-state index contributed by atoms with van der Waals surface area (Å²) in [6.07, 6.45) is -1.18. The second-order valence-electron chi connectivity index (χ2n) is 7.37. The minimum Gasteiger partial charge on any atom is -0.451 e. The number of esters is 1. The van der Waals surface area contributed by atoms with E-state index in [2.05, 4.69) is 26.6 Å². The van der Waals surface area contributed by atoms with E-state index in [1.807, 2.05) is 0 Å². The number of halogens is 1. The molecular weight excluding hydrogens is 508 g/mol. The van der Waals surface area contributed by atoms with E-state index in [1.165, 1.54) is 37.3 Å². The lowest BCUT2D eigenvalue weighted by Gasteiger charge is -2.19. The molecule has 10 heteroatoms. The highest BCUT2D eigenvalue weighted by Gasteiger charge is 2.29. The van der Waals surface area contributed by atoms with Crippen molar-refractivity contribution in [2.75, 3.05) is 11.9 Å². The first-order valence-electron chi connectivity index (χ1n) is 10.1. The summed E-state index contributed by atoms with van der Waals surface area (Å²) in [5.74, 6) is -2.67. The fourth-order valence-corrected chi connectivity index (χ4v) is 3.70. The van der Waals surface area contributed by atoms with Crippen LogP contribution in [0.4, 0.5) is 5.69 Å². The second-order valence-corrected chi connectivity index (χ2v) is 8.15. The summed E-state index contributed by atoms with van der Waals surface area (Å²) in [4.78, 5) is 61.9. The molecule has 1 aliphatic carbocycles. The number of hydrogen-bond donors (Lipinski definition) is 2. The molecule has 0 spiro atoms. The van der Waals surface area contributed by atoms with Gasteiger partial charge < -0.3 is 19.8 Å². The van der Waals surface area contributed by atoms with Gasteiger partial charge in [-0.3, -0.25) is 24.0 Å². The van der Waals surface area contributed by atoms with E-state index in [1.54, 1.807) is 24.3 Å². The Labute approximate surface area is 201 Å². The summed E-state index contributed by atoms with van der Waals surface area (Å²) in [7, 11) is 0. The Morgan fingerprint density at radius 3 is 2.24 bits per heavy atom. The van der Waals surface area contributed by atoms with Crippen molar-refractivity contribution in [1.29, 1.82) is 0 Å². The second kappa shape index (κ2) is 9.44. The molecule has 0 bridgehead atoms. The fourth-order valence-electron chi connectivity index (χ4n) is 3.39. The third kappa shape index (κ3) is 4.67. The molecule has 0 unspecified atom stereocenters. The third-order valence-electron chi connectivity index (χ3n) is 5.06. The van der Waals surface area contributed by atoms with Crippen LogP contribution < -0.4 is 10.6 Å². The van der Waals surface area contributed by atoms with Gasteiger partial charge in [-0.15, -0.1) is 0 Å². The summed E-state index contributed by atoms with van der Waals surface area (Å²) in [6.45, 7) is 0.895. The van der Waals surface area contributed by atoms with Crippen LogP contribution in [0.5, 0.6) is 0 Å². The molecule has 2 N–H and O–H groups in total. The lowest BCUT2D eigenvalue weighted by molar-refractivity contribution is -0.152. The van der Waals surface area contributed by atoms with E-state index in [9.17, 15) is 24.0 Å². The number of anilines is 1. The first-order valence-corrected chi connectivity index (χ1v) is 10.9. The smallest absolute Gasteiger partial charge is 0.326 e. The van der Waals surface area contributed by atoms with E-state index < -0.39 is 30.4 Å². The molecule has 172 valence electrons. The van der Waals surface area contributed by atoms with Gasteiger partial charge in [0.15, 0.2) is 28.1 Å². The highest BCUT2D eigenvalue weighted by atomic mass is 79.9. The van der Waals surface area contributed by atoms with Crippen molar-refractivity contribution >= 4 is 51.0 Å². The summed E-state index contributed by atoms with van der Waals surface area (Å²) >= 11 is 3.07. The Kier molecular flexibility index (Phi) is 6.42. The maximum Gasteiger partial charge on any atom is 0.326 e. The number of fused-ring (bicyclic) bond motifs is 2. The van der Waals surface area contributed by atoms with Gasteiger partial charge in [-0.1, -0.05) is 24.3 Å². The van der Waals surface area contributed by atoms with Crippen LogP contribution in [0.15, 0.2) is 63.7 Å². The number of rotatable bonds is 6. The number of furan rings is 1. The van der Waals surface area contributed by atoms with Gasteiger partial charge in [-0.2, -0.15) is 0 Å². The Morgan fingerprint density at radius 2 is 1.59 bits per heavy atom. The monoisotopic (exact) mass is 524 g/mol. The predicted molar refractivity (Wildman–Crippen MR) is 123 cm³/mol. The number of nitrogens with one attached hydrogen (secondary N) is 2. The van der Waals surface area contributed by atoms with Gasteiger partial charge in [0, 0.05) is 27.9 Å². The van der Waals surface area contributed by atoms with Crippen LogP contribution in [0.1, 0.15) is 49.3 Å².